The smallest absolute Gasteiger partial charge is 0.224 e. The topological polar surface area (TPSA) is 110 Å². The number of anilines is 2. The summed E-state index contributed by atoms with van der Waals surface area (Å²) in [5.74, 6) is 2.09. The van der Waals surface area contributed by atoms with Crippen molar-refractivity contribution in [2.75, 3.05) is 17.2 Å². The van der Waals surface area contributed by atoms with Crippen molar-refractivity contribution in [2.45, 2.75) is 75.5 Å². The minimum absolute atomic E-state index is 0.0187. The lowest BCUT2D eigenvalue weighted by Crippen LogP contribution is -2.39. The number of rotatable bonds is 9. The number of fused-ring (bicyclic) bond motifs is 1. The van der Waals surface area contributed by atoms with Crippen molar-refractivity contribution in [3.8, 4) is 10.6 Å². The second-order valence-electron chi connectivity index (χ2n) is 11.7. The monoisotopic (exact) mass is 576 g/mol. The molecule has 10 heteroatoms. The van der Waals surface area contributed by atoms with E-state index in [1.165, 1.54) is 12.8 Å². The van der Waals surface area contributed by atoms with Crippen LogP contribution in [0.1, 0.15) is 57.3 Å². The average Bonchev–Trinajstić information content (AvgIpc) is 3.46. The first kappa shape index (κ1) is 27.1. The fraction of sp³-hybridized carbons (Fsp3) is 0.467. The van der Waals surface area contributed by atoms with E-state index in [9.17, 15) is 8.42 Å². The summed E-state index contributed by atoms with van der Waals surface area (Å²) in [5, 5.41) is 8.00. The lowest BCUT2D eigenvalue weighted by molar-refractivity contribution is 0.402. The molecule has 40 heavy (non-hydrogen) atoms. The van der Waals surface area contributed by atoms with Crippen LogP contribution in [0.25, 0.3) is 20.8 Å². The lowest BCUT2D eigenvalue weighted by Gasteiger charge is -2.31. The predicted octanol–water partition coefficient (Wildman–Crippen LogP) is 6.42. The van der Waals surface area contributed by atoms with Crippen LogP contribution in [0.2, 0.25) is 0 Å². The van der Waals surface area contributed by atoms with Crippen LogP contribution in [0.4, 0.5) is 11.8 Å². The molecule has 6 rings (SSSR count). The molecule has 0 radical (unpaired) electrons. The first-order chi connectivity index (χ1) is 19.1. The highest BCUT2D eigenvalue weighted by molar-refractivity contribution is 7.92. The first-order valence-electron chi connectivity index (χ1n) is 14.0. The van der Waals surface area contributed by atoms with Crippen LogP contribution in [-0.4, -0.2) is 45.7 Å². The normalized spacial score (nSPS) is 19.7. The van der Waals surface area contributed by atoms with Crippen LogP contribution in [0.5, 0.6) is 0 Å². The Bertz CT molecular complexity index is 1650. The Balaban J connectivity index is 1.30. The molecule has 8 nitrogen and oxygen atoms in total. The predicted molar refractivity (Wildman–Crippen MR) is 162 cm³/mol. The zero-order valence-electron chi connectivity index (χ0n) is 23.4. The fourth-order valence-corrected chi connectivity index (χ4v) is 8.61. The van der Waals surface area contributed by atoms with E-state index in [1.54, 1.807) is 35.6 Å². The van der Waals surface area contributed by atoms with E-state index in [-0.39, 0.29) is 12.0 Å². The summed E-state index contributed by atoms with van der Waals surface area (Å²) in [7, 11) is -3.49. The zero-order chi connectivity index (χ0) is 28.1. The molecular weight excluding hydrogens is 541 g/mol. The van der Waals surface area contributed by atoms with Crippen LogP contribution in [0.15, 0.2) is 47.5 Å². The third-order valence-electron chi connectivity index (χ3n) is 8.54. The Morgan fingerprint density at radius 1 is 0.975 bits per heavy atom. The molecular formula is C30H36N6O2S2. The fourth-order valence-electron chi connectivity index (χ4n) is 5.72. The van der Waals surface area contributed by atoms with Gasteiger partial charge in [0.15, 0.2) is 9.84 Å². The summed E-state index contributed by atoms with van der Waals surface area (Å²) >= 11 is 1.62. The number of nitrogens with zero attached hydrogens (tertiary/aromatic N) is 4. The molecule has 2 atom stereocenters. The molecule has 0 amide bonds. The molecule has 2 saturated carbocycles. The third-order valence-corrected chi connectivity index (χ3v) is 12.2. The Morgan fingerprint density at radius 2 is 1.75 bits per heavy atom. The van der Waals surface area contributed by atoms with Gasteiger partial charge in [0.25, 0.3) is 0 Å². The number of benzene rings is 1. The molecule has 2 aliphatic rings. The van der Waals surface area contributed by atoms with E-state index < -0.39 is 14.6 Å². The van der Waals surface area contributed by atoms with Gasteiger partial charge in [0, 0.05) is 18.8 Å². The Hall–Kier alpha value is -3.11. The number of thiazole rings is 1. The van der Waals surface area contributed by atoms with Crippen molar-refractivity contribution < 1.29 is 8.42 Å². The maximum atomic E-state index is 13.6. The van der Waals surface area contributed by atoms with Crippen molar-refractivity contribution in [3.05, 3.63) is 54.0 Å². The molecule has 2 fully saturated rings. The van der Waals surface area contributed by atoms with Gasteiger partial charge in [0.1, 0.15) is 16.3 Å². The van der Waals surface area contributed by atoms with Gasteiger partial charge in [0.2, 0.25) is 5.95 Å². The van der Waals surface area contributed by atoms with Crippen molar-refractivity contribution >= 4 is 43.2 Å². The van der Waals surface area contributed by atoms with E-state index in [0.29, 0.717) is 16.8 Å². The number of sulfone groups is 1. The van der Waals surface area contributed by atoms with E-state index >= 15 is 0 Å². The summed E-state index contributed by atoms with van der Waals surface area (Å²) in [6.07, 6.45) is 6.76. The van der Waals surface area contributed by atoms with E-state index in [0.717, 1.165) is 63.8 Å². The maximum absolute atomic E-state index is 13.6. The van der Waals surface area contributed by atoms with Gasteiger partial charge < -0.3 is 10.6 Å². The number of hydrogen-bond acceptors (Lipinski definition) is 9. The van der Waals surface area contributed by atoms with Gasteiger partial charge >= 0.3 is 0 Å². The SMILES string of the molecule is Cc1nc(NCC2CC2)nc(NC2CCC(C(C)(C)S(=O)(=O)c3ccccc3)C2)c1-c1nc2c(C)nccc2s1. The zero-order valence-corrected chi connectivity index (χ0v) is 25.1. The second kappa shape index (κ2) is 10.4. The molecule has 0 saturated heterocycles. The average molecular weight is 577 g/mol. The van der Waals surface area contributed by atoms with Crippen LogP contribution in [0.3, 0.4) is 0 Å². The van der Waals surface area contributed by atoms with Crippen LogP contribution < -0.4 is 10.6 Å². The second-order valence-corrected chi connectivity index (χ2v) is 15.3. The maximum Gasteiger partial charge on any atom is 0.224 e. The van der Waals surface area contributed by atoms with Crippen molar-refractivity contribution in [2.24, 2.45) is 11.8 Å². The number of hydrogen-bond donors (Lipinski definition) is 2. The highest BCUT2D eigenvalue weighted by Crippen LogP contribution is 2.43. The van der Waals surface area contributed by atoms with Crippen LogP contribution in [0, 0.1) is 25.7 Å². The molecule has 0 bridgehead atoms. The number of aryl methyl sites for hydroxylation is 2. The Kier molecular flexibility index (Phi) is 7.02. The quantitative estimate of drug-likeness (QED) is 0.235. The minimum Gasteiger partial charge on any atom is -0.367 e. The van der Waals surface area contributed by atoms with Crippen molar-refractivity contribution in [3.63, 3.8) is 0 Å². The number of nitrogens with one attached hydrogen (secondary N) is 2. The standard InChI is InChI=1S/C30H36N6O2S2/c1-18-25(28-35-26-19(2)31-15-14-24(26)39-28)27(36-29(33-18)32-17-20-10-11-20)34-22-13-12-21(16-22)30(3,4)40(37,38)23-8-6-5-7-9-23/h5-9,14-15,20-22H,10-13,16-17H2,1-4H3,(H2,32,33,34,36). The van der Waals surface area contributed by atoms with Crippen molar-refractivity contribution in [1.29, 1.82) is 0 Å². The molecule has 0 spiro atoms. The largest absolute Gasteiger partial charge is 0.367 e. The molecule has 2 N–H and O–H groups in total. The Labute approximate surface area is 240 Å². The summed E-state index contributed by atoms with van der Waals surface area (Å²) in [6, 6.07) is 10.9. The van der Waals surface area contributed by atoms with Gasteiger partial charge in [0.05, 0.1) is 31.3 Å². The molecule has 3 heterocycles. The van der Waals surface area contributed by atoms with Crippen LogP contribution in [-0.2, 0) is 9.84 Å². The van der Waals surface area contributed by atoms with Gasteiger partial charge in [-0.3, -0.25) is 4.98 Å². The van der Waals surface area contributed by atoms with Gasteiger partial charge in [-0.15, -0.1) is 11.3 Å². The van der Waals surface area contributed by atoms with E-state index in [1.807, 2.05) is 46.0 Å². The van der Waals surface area contributed by atoms with Gasteiger partial charge in [-0.05, 0) is 89.8 Å². The summed E-state index contributed by atoms with van der Waals surface area (Å²) in [6.45, 7) is 8.61. The molecule has 4 aromatic rings. The summed E-state index contributed by atoms with van der Waals surface area (Å²) < 4.78 is 27.4. The highest BCUT2D eigenvalue weighted by atomic mass is 32.2. The number of aromatic nitrogens is 4. The molecule has 210 valence electrons. The van der Waals surface area contributed by atoms with E-state index in [2.05, 4.69) is 15.6 Å². The van der Waals surface area contributed by atoms with Crippen LogP contribution >= 0.6 is 11.3 Å². The molecule has 1 aromatic carbocycles. The molecule has 0 aliphatic heterocycles. The first-order valence-corrected chi connectivity index (χ1v) is 16.3. The molecule has 3 aromatic heterocycles. The molecule has 2 aliphatic carbocycles. The van der Waals surface area contributed by atoms with Crippen molar-refractivity contribution in [1.82, 2.24) is 19.9 Å². The van der Waals surface area contributed by atoms with Gasteiger partial charge in [-0.25, -0.2) is 18.4 Å². The molecule has 2 unspecified atom stereocenters. The lowest BCUT2D eigenvalue weighted by atomic mass is 9.93. The third kappa shape index (κ3) is 5.07. The number of pyridine rings is 1. The summed E-state index contributed by atoms with van der Waals surface area (Å²) in [5.41, 5.74) is 3.56. The summed E-state index contributed by atoms with van der Waals surface area (Å²) in [4.78, 5) is 19.5. The highest BCUT2D eigenvalue weighted by Gasteiger charge is 2.46. The van der Waals surface area contributed by atoms with Gasteiger partial charge in [-0.1, -0.05) is 18.2 Å². The van der Waals surface area contributed by atoms with E-state index in [4.69, 9.17) is 15.0 Å². The Morgan fingerprint density at radius 3 is 2.48 bits per heavy atom. The minimum atomic E-state index is -3.49. The van der Waals surface area contributed by atoms with Gasteiger partial charge in [-0.2, -0.15) is 4.98 Å².